The van der Waals surface area contributed by atoms with Crippen molar-refractivity contribution in [3.63, 3.8) is 0 Å². The van der Waals surface area contributed by atoms with Gasteiger partial charge in [0.25, 0.3) is 0 Å². The van der Waals surface area contributed by atoms with Gasteiger partial charge in [0.2, 0.25) is 0 Å². The molecule has 0 atom stereocenters. The predicted molar refractivity (Wildman–Crippen MR) is 94.2 cm³/mol. The van der Waals surface area contributed by atoms with E-state index in [4.69, 9.17) is 12.2 Å². The summed E-state index contributed by atoms with van der Waals surface area (Å²) in [5.74, 6) is 0.603. The Morgan fingerprint density at radius 1 is 1.14 bits per heavy atom. The monoisotopic (exact) mass is 322 g/mol. The van der Waals surface area contributed by atoms with Crippen molar-refractivity contribution in [3.05, 3.63) is 35.6 Å². The van der Waals surface area contributed by atoms with E-state index in [9.17, 15) is 4.39 Å². The lowest BCUT2D eigenvalue weighted by molar-refractivity contribution is 0.165. The molecule has 1 aromatic carbocycles. The first-order valence-corrected chi connectivity index (χ1v) is 8.54. The zero-order valence-electron chi connectivity index (χ0n) is 13.8. The average molecular weight is 322 g/mol. The molecule has 1 fully saturated rings. The largest absolute Gasteiger partial charge is 0.360 e. The van der Waals surface area contributed by atoms with Crippen LogP contribution in [0.25, 0.3) is 0 Å². The maximum atomic E-state index is 12.9. The highest BCUT2D eigenvalue weighted by molar-refractivity contribution is 7.80. The van der Waals surface area contributed by atoms with E-state index in [-0.39, 0.29) is 5.82 Å². The minimum atomic E-state index is -0.208. The fraction of sp³-hybridized carbons (Fsp3) is 0.611. The number of halogens is 1. The SMILES string of the molecule is CC(C)(C)C1CCC(NC(=S)NCc2ccc(F)cc2)CC1. The lowest BCUT2D eigenvalue weighted by atomic mass is 9.71. The second-order valence-corrected chi connectivity index (χ2v) is 7.78. The number of hydrogen-bond donors (Lipinski definition) is 2. The van der Waals surface area contributed by atoms with Gasteiger partial charge in [-0.3, -0.25) is 0 Å². The van der Waals surface area contributed by atoms with Crippen molar-refractivity contribution >= 4 is 17.3 Å². The summed E-state index contributed by atoms with van der Waals surface area (Å²) in [6, 6.07) is 6.98. The van der Waals surface area contributed by atoms with Crippen molar-refractivity contribution in [2.24, 2.45) is 11.3 Å². The minimum Gasteiger partial charge on any atom is -0.360 e. The van der Waals surface area contributed by atoms with Crippen LogP contribution in [0, 0.1) is 17.2 Å². The minimum absolute atomic E-state index is 0.208. The highest BCUT2D eigenvalue weighted by Gasteiger charge is 2.29. The molecular weight excluding hydrogens is 295 g/mol. The van der Waals surface area contributed by atoms with Crippen LogP contribution in [0.1, 0.15) is 52.0 Å². The molecule has 2 N–H and O–H groups in total. The summed E-state index contributed by atoms with van der Waals surface area (Å²) in [6.45, 7) is 7.63. The summed E-state index contributed by atoms with van der Waals surface area (Å²) in [5, 5.41) is 7.32. The quantitative estimate of drug-likeness (QED) is 0.807. The van der Waals surface area contributed by atoms with E-state index in [1.54, 1.807) is 12.1 Å². The van der Waals surface area contributed by atoms with Gasteiger partial charge >= 0.3 is 0 Å². The highest BCUT2D eigenvalue weighted by Crippen LogP contribution is 2.37. The van der Waals surface area contributed by atoms with Crippen LogP contribution < -0.4 is 10.6 Å². The summed E-state index contributed by atoms with van der Waals surface area (Å²) in [4.78, 5) is 0. The molecule has 0 heterocycles. The summed E-state index contributed by atoms with van der Waals surface area (Å²) >= 11 is 5.37. The Hall–Kier alpha value is -1.16. The van der Waals surface area contributed by atoms with Crippen LogP contribution in [-0.2, 0) is 6.54 Å². The van der Waals surface area contributed by atoms with Crippen molar-refractivity contribution in [2.45, 2.75) is 59.0 Å². The van der Waals surface area contributed by atoms with Gasteiger partial charge in [0.1, 0.15) is 5.82 Å². The van der Waals surface area contributed by atoms with E-state index in [1.165, 1.54) is 37.8 Å². The number of rotatable bonds is 3. The zero-order chi connectivity index (χ0) is 16.2. The normalized spacial score (nSPS) is 22.2. The first-order chi connectivity index (χ1) is 10.3. The number of benzene rings is 1. The Morgan fingerprint density at radius 2 is 1.73 bits per heavy atom. The molecule has 122 valence electrons. The van der Waals surface area contributed by atoms with Crippen LogP contribution in [0.3, 0.4) is 0 Å². The molecule has 0 amide bonds. The molecule has 0 bridgehead atoms. The second-order valence-electron chi connectivity index (χ2n) is 7.37. The molecule has 2 rings (SSSR count). The van der Waals surface area contributed by atoms with Gasteiger partial charge in [0.05, 0.1) is 0 Å². The van der Waals surface area contributed by atoms with Gasteiger partial charge in [-0.05, 0) is 66.9 Å². The van der Waals surface area contributed by atoms with Gasteiger partial charge in [-0.2, -0.15) is 0 Å². The molecule has 0 unspecified atom stereocenters. The molecule has 1 aliphatic carbocycles. The van der Waals surface area contributed by atoms with Crippen LogP contribution in [0.2, 0.25) is 0 Å². The molecule has 2 nitrogen and oxygen atoms in total. The Balaban J connectivity index is 1.71. The zero-order valence-corrected chi connectivity index (χ0v) is 14.6. The van der Waals surface area contributed by atoms with E-state index >= 15 is 0 Å². The van der Waals surface area contributed by atoms with E-state index in [1.807, 2.05) is 0 Å². The maximum absolute atomic E-state index is 12.9. The Labute approximate surface area is 138 Å². The molecule has 1 saturated carbocycles. The topological polar surface area (TPSA) is 24.1 Å². The van der Waals surface area contributed by atoms with Crippen molar-refractivity contribution < 1.29 is 4.39 Å². The molecule has 0 aromatic heterocycles. The van der Waals surface area contributed by atoms with Crippen molar-refractivity contribution in [3.8, 4) is 0 Å². The highest BCUT2D eigenvalue weighted by atomic mass is 32.1. The summed E-state index contributed by atoms with van der Waals surface area (Å²) in [5.41, 5.74) is 1.44. The molecule has 1 aromatic rings. The molecule has 1 aliphatic rings. The van der Waals surface area contributed by atoms with E-state index in [2.05, 4.69) is 31.4 Å². The Kier molecular flexibility index (Phi) is 5.79. The van der Waals surface area contributed by atoms with E-state index in [0.717, 1.165) is 11.5 Å². The number of thiocarbonyl (C=S) groups is 1. The smallest absolute Gasteiger partial charge is 0.166 e. The van der Waals surface area contributed by atoms with Crippen LogP contribution >= 0.6 is 12.2 Å². The van der Waals surface area contributed by atoms with E-state index < -0.39 is 0 Å². The van der Waals surface area contributed by atoms with Crippen LogP contribution in [0.15, 0.2) is 24.3 Å². The number of hydrogen-bond acceptors (Lipinski definition) is 1. The van der Waals surface area contributed by atoms with E-state index in [0.29, 0.717) is 23.1 Å². The van der Waals surface area contributed by atoms with Crippen molar-refractivity contribution in [2.75, 3.05) is 0 Å². The molecule has 22 heavy (non-hydrogen) atoms. The molecule has 4 heteroatoms. The van der Waals surface area contributed by atoms with Gasteiger partial charge in [-0.1, -0.05) is 32.9 Å². The fourth-order valence-electron chi connectivity index (χ4n) is 3.12. The van der Waals surface area contributed by atoms with Crippen LogP contribution in [-0.4, -0.2) is 11.2 Å². The molecule has 0 saturated heterocycles. The average Bonchev–Trinajstić information content (AvgIpc) is 2.46. The molecular formula is C18H27FN2S. The first-order valence-electron chi connectivity index (χ1n) is 8.13. The summed E-state index contributed by atoms with van der Waals surface area (Å²) < 4.78 is 12.9. The lowest BCUT2D eigenvalue weighted by Crippen LogP contribution is -2.44. The second kappa shape index (κ2) is 7.40. The molecule has 0 aliphatic heterocycles. The maximum Gasteiger partial charge on any atom is 0.166 e. The fourth-order valence-corrected chi connectivity index (χ4v) is 3.36. The third kappa shape index (κ3) is 5.24. The van der Waals surface area contributed by atoms with Crippen LogP contribution in [0.5, 0.6) is 0 Å². The third-order valence-corrected chi connectivity index (χ3v) is 4.92. The molecule has 0 radical (unpaired) electrons. The van der Waals surface area contributed by atoms with Gasteiger partial charge in [-0.25, -0.2) is 4.39 Å². The standard InChI is InChI=1S/C18H27FN2S/c1-18(2,3)14-6-10-16(11-7-14)21-17(22)20-12-13-4-8-15(19)9-5-13/h4-5,8-9,14,16H,6-7,10-12H2,1-3H3,(H2,20,21,22). The third-order valence-electron chi connectivity index (χ3n) is 4.65. The van der Waals surface area contributed by atoms with Gasteiger partial charge < -0.3 is 10.6 Å². The van der Waals surface area contributed by atoms with Gasteiger partial charge in [0, 0.05) is 12.6 Å². The summed E-state index contributed by atoms with van der Waals surface area (Å²) in [6.07, 6.45) is 4.89. The Morgan fingerprint density at radius 3 is 2.27 bits per heavy atom. The Bertz CT molecular complexity index is 485. The summed E-state index contributed by atoms with van der Waals surface area (Å²) in [7, 11) is 0. The van der Waals surface area contributed by atoms with Gasteiger partial charge in [-0.15, -0.1) is 0 Å². The van der Waals surface area contributed by atoms with Crippen molar-refractivity contribution in [1.82, 2.24) is 10.6 Å². The lowest BCUT2D eigenvalue weighted by Gasteiger charge is -2.37. The van der Waals surface area contributed by atoms with Gasteiger partial charge in [0.15, 0.2) is 5.11 Å². The first kappa shape index (κ1) is 17.2. The predicted octanol–water partition coefficient (Wildman–Crippen LogP) is 4.39. The number of nitrogens with one attached hydrogen (secondary N) is 2. The molecule has 0 spiro atoms. The van der Waals surface area contributed by atoms with Crippen molar-refractivity contribution in [1.29, 1.82) is 0 Å². The van der Waals surface area contributed by atoms with Crippen LogP contribution in [0.4, 0.5) is 4.39 Å².